The summed E-state index contributed by atoms with van der Waals surface area (Å²) in [4.78, 5) is 4.64. The zero-order chi connectivity index (χ0) is 16.3. The summed E-state index contributed by atoms with van der Waals surface area (Å²) < 4.78 is 5.36. The average Bonchev–Trinajstić information content (AvgIpc) is 3.09. The molecule has 0 bridgehead atoms. The highest BCUT2D eigenvalue weighted by Gasteiger charge is 2.07. The quantitative estimate of drug-likeness (QED) is 0.442. The number of furan rings is 1. The Kier molecular flexibility index (Phi) is 7.60. The molecule has 0 aliphatic carbocycles. The van der Waals surface area contributed by atoms with E-state index in [9.17, 15) is 0 Å². The molecular weight excluding hydrogens is 306 g/mol. The summed E-state index contributed by atoms with van der Waals surface area (Å²) in [5.74, 6) is 2.85. The molecule has 1 atom stereocenters. The standard InChI is InChI=1S/C18H25N3OS/c1-15(16-7-4-3-5-8-16)21-18(20-12-14-23-2)19-11-10-17-9-6-13-22-17/h3-9,13,15H,10-12,14H2,1-2H3,(H2,19,20,21). The van der Waals surface area contributed by atoms with Crippen LogP contribution in [-0.2, 0) is 6.42 Å². The molecule has 0 aliphatic rings. The van der Waals surface area contributed by atoms with Crippen molar-refractivity contribution in [3.8, 4) is 0 Å². The van der Waals surface area contributed by atoms with Crippen molar-refractivity contribution in [2.45, 2.75) is 19.4 Å². The maximum absolute atomic E-state index is 5.36. The highest BCUT2D eigenvalue weighted by Crippen LogP contribution is 2.10. The van der Waals surface area contributed by atoms with Gasteiger partial charge in [-0.3, -0.25) is 4.99 Å². The Morgan fingerprint density at radius 1 is 1.22 bits per heavy atom. The van der Waals surface area contributed by atoms with Crippen LogP contribution < -0.4 is 10.6 Å². The van der Waals surface area contributed by atoms with Crippen LogP contribution in [0.5, 0.6) is 0 Å². The summed E-state index contributed by atoms with van der Waals surface area (Å²) >= 11 is 1.80. The molecule has 2 aromatic rings. The van der Waals surface area contributed by atoms with Crippen LogP contribution in [0.3, 0.4) is 0 Å². The molecular formula is C18H25N3OS. The van der Waals surface area contributed by atoms with E-state index in [1.807, 2.05) is 18.2 Å². The Hall–Kier alpha value is -1.88. The Bertz CT molecular complexity index is 569. The lowest BCUT2D eigenvalue weighted by molar-refractivity contribution is 0.506. The first-order chi connectivity index (χ1) is 11.3. The average molecular weight is 331 g/mol. The van der Waals surface area contributed by atoms with Gasteiger partial charge in [-0.1, -0.05) is 30.3 Å². The molecule has 4 nitrogen and oxygen atoms in total. The number of benzene rings is 1. The third kappa shape index (κ3) is 6.40. The second kappa shape index (κ2) is 10.0. The first-order valence-corrected chi connectivity index (χ1v) is 9.30. The van der Waals surface area contributed by atoms with Gasteiger partial charge in [0, 0.05) is 18.7 Å². The van der Waals surface area contributed by atoms with Crippen molar-refractivity contribution in [3.05, 3.63) is 60.1 Å². The number of nitrogens with one attached hydrogen (secondary N) is 2. The molecule has 2 rings (SSSR count). The van der Waals surface area contributed by atoms with Crippen LogP contribution in [0.4, 0.5) is 0 Å². The van der Waals surface area contributed by atoms with E-state index >= 15 is 0 Å². The summed E-state index contributed by atoms with van der Waals surface area (Å²) in [6, 6.07) is 14.5. The van der Waals surface area contributed by atoms with E-state index in [0.717, 1.165) is 37.0 Å². The Morgan fingerprint density at radius 2 is 2.04 bits per heavy atom. The minimum absolute atomic E-state index is 0.209. The normalized spacial score (nSPS) is 12.9. The first kappa shape index (κ1) is 17.5. The van der Waals surface area contributed by atoms with Gasteiger partial charge >= 0.3 is 0 Å². The van der Waals surface area contributed by atoms with Crippen LogP contribution in [0.15, 0.2) is 58.1 Å². The van der Waals surface area contributed by atoms with Crippen LogP contribution in [0.25, 0.3) is 0 Å². The van der Waals surface area contributed by atoms with Crippen LogP contribution in [0.2, 0.25) is 0 Å². The summed E-state index contributed by atoms with van der Waals surface area (Å²) in [7, 11) is 0. The number of thioether (sulfide) groups is 1. The molecule has 0 fully saturated rings. The number of rotatable bonds is 8. The zero-order valence-electron chi connectivity index (χ0n) is 13.8. The number of hydrogen-bond acceptors (Lipinski definition) is 3. The van der Waals surface area contributed by atoms with E-state index in [0.29, 0.717) is 0 Å². The lowest BCUT2D eigenvalue weighted by Crippen LogP contribution is -2.40. The van der Waals surface area contributed by atoms with Crippen molar-refractivity contribution in [2.24, 2.45) is 4.99 Å². The molecule has 1 aromatic carbocycles. The summed E-state index contributed by atoms with van der Waals surface area (Å²) in [6.07, 6.45) is 4.65. The van der Waals surface area contributed by atoms with Crippen LogP contribution >= 0.6 is 11.8 Å². The van der Waals surface area contributed by atoms with E-state index < -0.39 is 0 Å². The maximum atomic E-state index is 5.36. The van der Waals surface area contributed by atoms with Gasteiger partial charge in [0.1, 0.15) is 5.76 Å². The maximum Gasteiger partial charge on any atom is 0.191 e. The molecule has 23 heavy (non-hydrogen) atoms. The van der Waals surface area contributed by atoms with E-state index in [2.05, 4.69) is 53.1 Å². The van der Waals surface area contributed by atoms with Gasteiger partial charge in [-0.25, -0.2) is 0 Å². The van der Waals surface area contributed by atoms with Crippen molar-refractivity contribution in [1.29, 1.82) is 0 Å². The first-order valence-electron chi connectivity index (χ1n) is 7.90. The molecule has 0 aliphatic heterocycles. The van der Waals surface area contributed by atoms with Gasteiger partial charge in [-0.2, -0.15) is 11.8 Å². The minimum Gasteiger partial charge on any atom is -0.469 e. The number of nitrogens with zero attached hydrogens (tertiary/aromatic N) is 1. The largest absolute Gasteiger partial charge is 0.469 e. The van der Waals surface area contributed by atoms with Crippen molar-refractivity contribution in [3.63, 3.8) is 0 Å². The van der Waals surface area contributed by atoms with Crippen molar-refractivity contribution in [2.75, 3.05) is 25.1 Å². The van der Waals surface area contributed by atoms with E-state index in [1.165, 1.54) is 5.56 Å². The molecule has 0 radical (unpaired) electrons. The monoisotopic (exact) mass is 331 g/mol. The Balaban J connectivity index is 1.89. The number of guanidine groups is 1. The zero-order valence-corrected chi connectivity index (χ0v) is 14.6. The SMILES string of the molecule is CSCCN=C(NCCc1ccco1)NC(C)c1ccccc1. The smallest absolute Gasteiger partial charge is 0.191 e. The lowest BCUT2D eigenvalue weighted by Gasteiger charge is -2.18. The van der Waals surface area contributed by atoms with Crippen molar-refractivity contribution < 1.29 is 4.42 Å². The van der Waals surface area contributed by atoms with E-state index in [4.69, 9.17) is 4.42 Å². The molecule has 5 heteroatoms. The number of hydrogen-bond donors (Lipinski definition) is 2. The van der Waals surface area contributed by atoms with E-state index in [1.54, 1.807) is 18.0 Å². The highest BCUT2D eigenvalue weighted by molar-refractivity contribution is 7.98. The fourth-order valence-corrected chi connectivity index (χ4v) is 2.46. The molecule has 0 spiro atoms. The van der Waals surface area contributed by atoms with Gasteiger partial charge in [-0.15, -0.1) is 0 Å². The van der Waals surface area contributed by atoms with Crippen molar-refractivity contribution in [1.82, 2.24) is 10.6 Å². The van der Waals surface area contributed by atoms with Crippen LogP contribution in [0, 0.1) is 0 Å². The second-order valence-corrected chi connectivity index (χ2v) is 6.24. The fourth-order valence-electron chi connectivity index (χ4n) is 2.19. The predicted octanol–water partition coefficient (Wildman–Crippen LogP) is 3.48. The molecule has 124 valence electrons. The molecule has 0 saturated heterocycles. The van der Waals surface area contributed by atoms with Gasteiger partial charge in [0.25, 0.3) is 0 Å². The number of aliphatic imine (C=N–C) groups is 1. The summed E-state index contributed by atoms with van der Waals surface area (Å²) in [6.45, 7) is 3.74. The van der Waals surface area contributed by atoms with Crippen LogP contribution in [-0.4, -0.2) is 31.1 Å². The fraction of sp³-hybridized carbons (Fsp3) is 0.389. The summed E-state index contributed by atoms with van der Waals surface area (Å²) in [5.41, 5.74) is 1.25. The predicted molar refractivity (Wildman–Crippen MR) is 99.1 cm³/mol. The lowest BCUT2D eigenvalue weighted by atomic mass is 10.1. The van der Waals surface area contributed by atoms with Gasteiger partial charge in [0.15, 0.2) is 5.96 Å². The Labute approximate surface area is 142 Å². The van der Waals surface area contributed by atoms with Gasteiger partial charge in [0.2, 0.25) is 0 Å². The molecule has 1 unspecified atom stereocenters. The molecule has 0 amide bonds. The van der Waals surface area contributed by atoms with Crippen molar-refractivity contribution >= 4 is 17.7 Å². The molecule has 0 saturated carbocycles. The van der Waals surface area contributed by atoms with Crippen LogP contribution in [0.1, 0.15) is 24.3 Å². The highest BCUT2D eigenvalue weighted by atomic mass is 32.2. The van der Waals surface area contributed by atoms with Gasteiger partial charge in [-0.05, 0) is 30.9 Å². The molecule has 2 N–H and O–H groups in total. The molecule has 1 heterocycles. The third-order valence-electron chi connectivity index (χ3n) is 3.46. The van der Waals surface area contributed by atoms with E-state index in [-0.39, 0.29) is 6.04 Å². The Morgan fingerprint density at radius 3 is 2.74 bits per heavy atom. The van der Waals surface area contributed by atoms with Gasteiger partial charge < -0.3 is 15.1 Å². The third-order valence-corrected chi connectivity index (χ3v) is 4.05. The minimum atomic E-state index is 0.209. The topological polar surface area (TPSA) is 49.6 Å². The summed E-state index contributed by atoms with van der Waals surface area (Å²) in [5, 5.41) is 6.86. The second-order valence-electron chi connectivity index (χ2n) is 5.26. The van der Waals surface area contributed by atoms with Gasteiger partial charge in [0.05, 0.1) is 18.8 Å². The molecule has 1 aromatic heterocycles.